The lowest BCUT2D eigenvalue weighted by atomic mass is 9.95. The lowest BCUT2D eigenvalue weighted by Gasteiger charge is -2.24. The largest absolute Gasteiger partial charge is 0.503 e. The summed E-state index contributed by atoms with van der Waals surface area (Å²) < 4.78 is 16.6. The Morgan fingerprint density at radius 3 is 2.50 bits per heavy atom. The average molecular weight is 458 g/mol. The Bertz CT molecular complexity index is 1390. The van der Waals surface area contributed by atoms with Gasteiger partial charge in [0.15, 0.2) is 17.3 Å². The lowest BCUT2D eigenvalue weighted by Crippen LogP contribution is -2.31. The van der Waals surface area contributed by atoms with Gasteiger partial charge in [-0.05, 0) is 50.6 Å². The van der Waals surface area contributed by atoms with Crippen molar-refractivity contribution in [2.24, 2.45) is 0 Å². The predicted molar refractivity (Wildman–Crippen MR) is 124 cm³/mol. The van der Waals surface area contributed by atoms with E-state index in [1.165, 1.54) is 4.90 Å². The van der Waals surface area contributed by atoms with Gasteiger partial charge in [0.05, 0.1) is 17.7 Å². The first-order chi connectivity index (χ1) is 16.3. The molecular formula is C26H22N2O6. The molecule has 0 fully saturated rings. The molecule has 0 spiro atoms. The van der Waals surface area contributed by atoms with Gasteiger partial charge in [-0.2, -0.15) is 0 Å². The Labute approximate surface area is 195 Å². The number of hydrogen-bond donors (Lipinski definition) is 1. The molecule has 1 atom stereocenters. The molecule has 172 valence electrons. The number of carbonyl (C=O) groups is 2. The molecule has 4 aromatic rings. The molecule has 1 aliphatic rings. The van der Waals surface area contributed by atoms with Crippen LogP contribution in [0.4, 0.5) is 5.82 Å². The van der Waals surface area contributed by atoms with Gasteiger partial charge in [-0.3, -0.25) is 14.5 Å². The number of ether oxygens (including phenoxy) is 1. The molecular weight excluding hydrogens is 436 g/mol. The minimum Gasteiger partial charge on any atom is -0.503 e. The van der Waals surface area contributed by atoms with E-state index in [4.69, 9.17) is 13.7 Å². The molecule has 1 aliphatic heterocycles. The molecule has 0 aliphatic carbocycles. The van der Waals surface area contributed by atoms with E-state index in [1.807, 2.05) is 26.0 Å². The number of rotatable bonds is 6. The first kappa shape index (κ1) is 21.5. The smallest absolute Gasteiger partial charge is 0.295 e. The van der Waals surface area contributed by atoms with Gasteiger partial charge < -0.3 is 18.8 Å². The fraction of sp³-hybridized carbons (Fsp3) is 0.192. The third-order valence-corrected chi connectivity index (χ3v) is 5.53. The van der Waals surface area contributed by atoms with Crippen LogP contribution in [0.1, 0.15) is 41.8 Å². The summed E-state index contributed by atoms with van der Waals surface area (Å²) in [5, 5.41) is 15.5. The van der Waals surface area contributed by atoms with Crippen LogP contribution in [0.3, 0.4) is 0 Å². The average Bonchev–Trinajstić information content (AvgIpc) is 3.50. The van der Waals surface area contributed by atoms with Crippen LogP contribution in [0.5, 0.6) is 5.75 Å². The maximum absolute atomic E-state index is 13.6. The van der Waals surface area contributed by atoms with E-state index in [0.717, 1.165) is 5.39 Å². The summed E-state index contributed by atoms with van der Waals surface area (Å²) in [6, 6.07) is 16.4. The fourth-order valence-electron chi connectivity index (χ4n) is 4.08. The minimum absolute atomic E-state index is 0.0114. The summed E-state index contributed by atoms with van der Waals surface area (Å²) in [6.45, 7) is 5.53. The molecule has 2 aromatic heterocycles. The maximum Gasteiger partial charge on any atom is 0.295 e. The third kappa shape index (κ3) is 3.63. The summed E-state index contributed by atoms with van der Waals surface area (Å²) in [6.07, 6.45) is -0.0114. The second-order valence-corrected chi connectivity index (χ2v) is 8.35. The van der Waals surface area contributed by atoms with Crippen LogP contribution in [0, 0.1) is 6.92 Å². The number of fused-ring (bicyclic) bond motifs is 1. The Balaban J connectivity index is 1.61. The van der Waals surface area contributed by atoms with Crippen molar-refractivity contribution in [2.75, 3.05) is 4.90 Å². The summed E-state index contributed by atoms with van der Waals surface area (Å²) in [4.78, 5) is 28.0. The number of amides is 1. The van der Waals surface area contributed by atoms with Gasteiger partial charge in [-0.1, -0.05) is 35.5 Å². The monoisotopic (exact) mass is 458 g/mol. The standard InChI is InChI=1S/C26H22N2O6/c1-14(2)32-18-10-8-16(9-11-18)23-22(24(29)20-13-17-6-4-5-7-19(17)33-20)25(30)26(31)28(23)21-12-15(3)34-27-21/h4-14,23,30H,1-3H3/t23-/m0/s1. The van der Waals surface area contributed by atoms with Crippen LogP contribution in [-0.2, 0) is 4.79 Å². The number of anilines is 1. The highest BCUT2D eigenvalue weighted by atomic mass is 16.5. The number of carbonyl (C=O) groups excluding carboxylic acids is 2. The molecule has 2 aromatic carbocycles. The van der Waals surface area contributed by atoms with Gasteiger partial charge in [0.25, 0.3) is 5.91 Å². The van der Waals surface area contributed by atoms with Gasteiger partial charge in [-0.15, -0.1) is 0 Å². The molecule has 0 unspecified atom stereocenters. The lowest BCUT2D eigenvalue weighted by molar-refractivity contribution is -0.117. The van der Waals surface area contributed by atoms with E-state index in [2.05, 4.69) is 5.16 Å². The Morgan fingerprint density at radius 1 is 1.12 bits per heavy atom. The number of aliphatic hydroxyl groups is 1. The number of aryl methyl sites for hydroxylation is 1. The molecule has 3 heterocycles. The molecule has 1 N–H and O–H groups in total. The number of ketones is 1. The summed E-state index contributed by atoms with van der Waals surface area (Å²) in [5.74, 6) is -0.646. The number of aromatic nitrogens is 1. The molecule has 0 saturated carbocycles. The van der Waals surface area contributed by atoms with Gasteiger partial charge in [-0.25, -0.2) is 0 Å². The number of para-hydroxylation sites is 1. The first-order valence-corrected chi connectivity index (χ1v) is 10.8. The van der Waals surface area contributed by atoms with Crippen molar-refractivity contribution in [3.63, 3.8) is 0 Å². The predicted octanol–water partition coefficient (Wildman–Crippen LogP) is 5.30. The Hall–Kier alpha value is -4.33. The number of aliphatic hydroxyl groups excluding tert-OH is 1. The van der Waals surface area contributed by atoms with Crippen LogP contribution < -0.4 is 9.64 Å². The molecule has 8 nitrogen and oxygen atoms in total. The molecule has 0 radical (unpaired) electrons. The highest BCUT2D eigenvalue weighted by molar-refractivity contribution is 6.20. The molecule has 8 heteroatoms. The summed E-state index contributed by atoms with van der Waals surface area (Å²) in [7, 11) is 0. The second-order valence-electron chi connectivity index (χ2n) is 8.35. The first-order valence-electron chi connectivity index (χ1n) is 10.8. The molecule has 5 rings (SSSR count). The van der Waals surface area contributed by atoms with Gasteiger partial charge in [0.2, 0.25) is 5.78 Å². The highest BCUT2D eigenvalue weighted by Gasteiger charge is 2.46. The van der Waals surface area contributed by atoms with E-state index in [0.29, 0.717) is 22.7 Å². The topological polar surface area (TPSA) is 106 Å². The van der Waals surface area contributed by atoms with Crippen molar-refractivity contribution < 1.29 is 28.4 Å². The highest BCUT2D eigenvalue weighted by Crippen LogP contribution is 2.42. The summed E-state index contributed by atoms with van der Waals surface area (Å²) in [5.41, 5.74) is 1.03. The molecule has 0 bridgehead atoms. The van der Waals surface area contributed by atoms with Gasteiger partial charge in [0.1, 0.15) is 17.1 Å². The molecule has 0 saturated heterocycles. The van der Waals surface area contributed by atoms with Crippen molar-refractivity contribution in [3.8, 4) is 5.75 Å². The number of hydrogen-bond acceptors (Lipinski definition) is 7. The van der Waals surface area contributed by atoms with Crippen molar-refractivity contribution in [1.29, 1.82) is 0 Å². The van der Waals surface area contributed by atoms with Gasteiger partial charge in [0, 0.05) is 11.5 Å². The second kappa shape index (κ2) is 8.22. The van der Waals surface area contributed by atoms with E-state index in [1.54, 1.807) is 55.5 Å². The molecule has 34 heavy (non-hydrogen) atoms. The van der Waals surface area contributed by atoms with E-state index >= 15 is 0 Å². The number of nitrogens with zero attached hydrogens (tertiary/aromatic N) is 2. The summed E-state index contributed by atoms with van der Waals surface area (Å²) >= 11 is 0. The number of furan rings is 1. The third-order valence-electron chi connectivity index (χ3n) is 5.53. The van der Waals surface area contributed by atoms with Crippen LogP contribution in [0.15, 0.2) is 80.9 Å². The van der Waals surface area contributed by atoms with E-state index in [9.17, 15) is 14.7 Å². The van der Waals surface area contributed by atoms with Crippen molar-refractivity contribution in [2.45, 2.75) is 32.9 Å². The van der Waals surface area contributed by atoms with Crippen LogP contribution >= 0.6 is 0 Å². The number of benzene rings is 2. The quantitative estimate of drug-likeness (QED) is 0.391. The minimum atomic E-state index is -0.939. The van der Waals surface area contributed by atoms with Crippen molar-refractivity contribution in [1.82, 2.24) is 5.16 Å². The van der Waals surface area contributed by atoms with E-state index < -0.39 is 23.5 Å². The van der Waals surface area contributed by atoms with E-state index in [-0.39, 0.29) is 23.3 Å². The van der Waals surface area contributed by atoms with Crippen molar-refractivity contribution >= 4 is 28.5 Å². The Morgan fingerprint density at radius 2 is 1.85 bits per heavy atom. The van der Waals surface area contributed by atoms with Crippen LogP contribution in [-0.4, -0.2) is 28.1 Å². The maximum atomic E-state index is 13.6. The van der Waals surface area contributed by atoms with Gasteiger partial charge >= 0.3 is 0 Å². The zero-order valence-corrected chi connectivity index (χ0v) is 18.8. The van der Waals surface area contributed by atoms with Crippen molar-refractivity contribution in [3.05, 3.63) is 89.1 Å². The Kier molecular flexibility index (Phi) is 5.20. The molecule has 1 amide bonds. The zero-order valence-electron chi connectivity index (χ0n) is 18.8. The van der Waals surface area contributed by atoms with Crippen LogP contribution in [0.2, 0.25) is 0 Å². The zero-order chi connectivity index (χ0) is 24.0. The fourth-order valence-corrected chi connectivity index (χ4v) is 4.08. The number of Topliss-reactive ketones (excluding diaryl/α,β-unsaturated/α-hetero) is 1. The normalized spacial score (nSPS) is 16.2. The SMILES string of the molecule is Cc1cc(N2C(=O)C(O)=C(C(=O)c3cc4ccccc4o3)[C@@H]2c2ccc(OC(C)C)cc2)no1. The van der Waals surface area contributed by atoms with Crippen LogP contribution in [0.25, 0.3) is 11.0 Å².